The molecule has 1 unspecified atom stereocenters. The molecule has 3 rings (SSSR count). The first kappa shape index (κ1) is 22.3. The van der Waals surface area contributed by atoms with E-state index < -0.39 is 10.0 Å². The summed E-state index contributed by atoms with van der Waals surface area (Å²) in [6.07, 6.45) is 4.64. The molecule has 1 amide bonds. The maximum absolute atomic E-state index is 13.0. The van der Waals surface area contributed by atoms with E-state index in [-0.39, 0.29) is 16.8 Å². The molecule has 2 aromatic carbocycles. The molecule has 0 radical (unpaired) electrons. The molecule has 1 N–H and O–H groups in total. The molecule has 0 saturated carbocycles. The zero-order chi connectivity index (χ0) is 21.4. The number of hydrogen-bond acceptors (Lipinski definition) is 4. The normalized spacial score (nSPS) is 17.4. The Morgan fingerprint density at radius 1 is 1.10 bits per heavy atom. The van der Waals surface area contributed by atoms with Crippen LogP contribution in [-0.4, -0.2) is 37.8 Å². The molecule has 0 spiro atoms. The Bertz CT molecular complexity index is 914. The molecule has 1 aliphatic rings. The maximum Gasteiger partial charge on any atom is 0.243 e. The van der Waals surface area contributed by atoms with Crippen molar-refractivity contribution in [3.63, 3.8) is 0 Å². The highest BCUT2D eigenvalue weighted by atomic mass is 32.2. The number of sulfonamides is 1. The molecule has 7 heteroatoms. The molecule has 2 aromatic rings. The molecule has 0 bridgehead atoms. The quantitative estimate of drug-likeness (QED) is 0.597. The van der Waals surface area contributed by atoms with E-state index in [1.807, 2.05) is 37.3 Å². The number of ether oxygens (including phenoxy) is 1. The Hall–Kier alpha value is -2.38. The first-order valence-corrected chi connectivity index (χ1v) is 12.0. The van der Waals surface area contributed by atoms with Crippen molar-refractivity contribution in [2.75, 3.05) is 18.5 Å². The number of nitrogens with zero attached hydrogens (tertiary/aromatic N) is 1. The second kappa shape index (κ2) is 10.6. The maximum atomic E-state index is 13.0. The van der Waals surface area contributed by atoms with Crippen molar-refractivity contribution >= 4 is 21.6 Å². The first-order valence-electron chi connectivity index (χ1n) is 10.6. The summed E-state index contributed by atoms with van der Waals surface area (Å²) in [5.41, 5.74) is 0.591. The van der Waals surface area contributed by atoms with Crippen molar-refractivity contribution < 1.29 is 17.9 Å². The monoisotopic (exact) mass is 430 g/mol. The van der Waals surface area contributed by atoms with Crippen LogP contribution in [0.2, 0.25) is 0 Å². The highest BCUT2D eigenvalue weighted by Gasteiger charge is 2.32. The van der Waals surface area contributed by atoms with Gasteiger partial charge in [0.2, 0.25) is 15.9 Å². The molecular formula is C23H30N2O4S. The number of carbonyl (C=O) groups is 1. The van der Waals surface area contributed by atoms with E-state index in [2.05, 4.69) is 5.32 Å². The SMILES string of the molecule is CCC1CCCCN1S(=O)(=O)c1ccc(NC(=O)CCCOc2ccccc2)cc1. The molecule has 1 aliphatic heterocycles. The summed E-state index contributed by atoms with van der Waals surface area (Å²) in [5, 5.41) is 2.82. The van der Waals surface area contributed by atoms with E-state index in [4.69, 9.17) is 4.74 Å². The molecule has 30 heavy (non-hydrogen) atoms. The van der Waals surface area contributed by atoms with Gasteiger partial charge in [-0.3, -0.25) is 4.79 Å². The minimum absolute atomic E-state index is 0.0706. The van der Waals surface area contributed by atoms with Crippen molar-refractivity contribution in [3.05, 3.63) is 54.6 Å². The average molecular weight is 431 g/mol. The van der Waals surface area contributed by atoms with Gasteiger partial charge in [0.05, 0.1) is 11.5 Å². The summed E-state index contributed by atoms with van der Waals surface area (Å²) in [7, 11) is -3.51. The van der Waals surface area contributed by atoms with E-state index >= 15 is 0 Å². The van der Waals surface area contributed by atoms with Crippen LogP contribution >= 0.6 is 0 Å². The molecule has 1 fully saturated rings. The highest BCUT2D eigenvalue weighted by molar-refractivity contribution is 7.89. The van der Waals surface area contributed by atoms with Gasteiger partial charge in [-0.15, -0.1) is 0 Å². The number of anilines is 1. The third-order valence-corrected chi connectivity index (χ3v) is 7.32. The number of para-hydroxylation sites is 1. The summed E-state index contributed by atoms with van der Waals surface area (Å²) in [6.45, 7) is 3.06. The van der Waals surface area contributed by atoms with Crippen LogP contribution in [0, 0.1) is 0 Å². The second-order valence-corrected chi connectivity index (χ2v) is 9.40. The molecule has 1 atom stereocenters. The van der Waals surface area contributed by atoms with Gasteiger partial charge in [-0.05, 0) is 62.1 Å². The van der Waals surface area contributed by atoms with Crippen LogP contribution in [0.15, 0.2) is 59.5 Å². The van der Waals surface area contributed by atoms with Crippen LogP contribution < -0.4 is 10.1 Å². The van der Waals surface area contributed by atoms with Crippen LogP contribution in [0.25, 0.3) is 0 Å². The largest absolute Gasteiger partial charge is 0.494 e. The Balaban J connectivity index is 1.50. The number of hydrogen-bond donors (Lipinski definition) is 1. The van der Waals surface area contributed by atoms with Crippen LogP contribution in [0.5, 0.6) is 5.75 Å². The number of benzene rings is 2. The molecule has 162 valence electrons. The zero-order valence-corrected chi connectivity index (χ0v) is 18.2. The Kier molecular flexibility index (Phi) is 7.87. The predicted molar refractivity (Wildman–Crippen MR) is 118 cm³/mol. The van der Waals surface area contributed by atoms with Gasteiger partial charge in [-0.1, -0.05) is 31.5 Å². The van der Waals surface area contributed by atoms with Crippen molar-refractivity contribution in [3.8, 4) is 5.75 Å². The summed E-state index contributed by atoms with van der Waals surface area (Å²) < 4.78 is 33.2. The fourth-order valence-corrected chi connectivity index (χ4v) is 5.47. The molecule has 6 nitrogen and oxygen atoms in total. The fourth-order valence-electron chi connectivity index (χ4n) is 3.71. The third kappa shape index (κ3) is 5.83. The van der Waals surface area contributed by atoms with E-state index in [1.165, 1.54) is 0 Å². The standard InChI is InChI=1S/C23H30N2O4S/c1-2-20-9-6-7-17-25(20)30(27,28)22-15-13-19(14-16-22)24-23(26)12-8-18-29-21-10-4-3-5-11-21/h3-5,10-11,13-16,20H,2,6-9,12,17-18H2,1H3,(H,24,26). The number of carbonyl (C=O) groups excluding carboxylic acids is 1. The van der Waals surface area contributed by atoms with Gasteiger partial charge in [0.1, 0.15) is 5.75 Å². The number of nitrogens with one attached hydrogen (secondary N) is 1. The van der Waals surface area contributed by atoms with Crippen LogP contribution in [0.3, 0.4) is 0 Å². The van der Waals surface area contributed by atoms with Crippen LogP contribution in [0.1, 0.15) is 45.4 Å². The molecule has 0 aliphatic carbocycles. The number of amides is 1. The van der Waals surface area contributed by atoms with Gasteiger partial charge < -0.3 is 10.1 Å². The van der Waals surface area contributed by atoms with Crippen LogP contribution in [-0.2, 0) is 14.8 Å². The minimum atomic E-state index is -3.51. The second-order valence-electron chi connectivity index (χ2n) is 7.51. The summed E-state index contributed by atoms with van der Waals surface area (Å²) in [5.74, 6) is 0.665. The topological polar surface area (TPSA) is 75.7 Å². The molecule has 0 aromatic heterocycles. The minimum Gasteiger partial charge on any atom is -0.494 e. The van der Waals surface area contributed by atoms with E-state index in [0.29, 0.717) is 31.7 Å². The van der Waals surface area contributed by atoms with Gasteiger partial charge in [-0.2, -0.15) is 4.31 Å². The molecule has 1 saturated heterocycles. The number of rotatable bonds is 9. The lowest BCUT2D eigenvalue weighted by molar-refractivity contribution is -0.116. The van der Waals surface area contributed by atoms with Gasteiger partial charge in [-0.25, -0.2) is 8.42 Å². The highest BCUT2D eigenvalue weighted by Crippen LogP contribution is 2.27. The average Bonchev–Trinajstić information content (AvgIpc) is 2.78. The third-order valence-electron chi connectivity index (χ3n) is 5.35. The Morgan fingerprint density at radius 2 is 1.83 bits per heavy atom. The smallest absolute Gasteiger partial charge is 0.243 e. The Morgan fingerprint density at radius 3 is 2.53 bits per heavy atom. The lowest BCUT2D eigenvalue weighted by Crippen LogP contribution is -2.43. The van der Waals surface area contributed by atoms with Gasteiger partial charge in [0, 0.05) is 24.7 Å². The fraction of sp³-hybridized carbons (Fsp3) is 0.435. The molecule has 1 heterocycles. The first-order chi connectivity index (χ1) is 14.5. The summed E-state index contributed by atoms with van der Waals surface area (Å²) in [6, 6.07) is 16.0. The van der Waals surface area contributed by atoms with Gasteiger partial charge >= 0.3 is 0 Å². The van der Waals surface area contributed by atoms with Crippen LogP contribution in [0.4, 0.5) is 5.69 Å². The van der Waals surface area contributed by atoms with E-state index in [0.717, 1.165) is 31.4 Å². The Labute approximate surface area is 179 Å². The molecular weight excluding hydrogens is 400 g/mol. The van der Waals surface area contributed by atoms with Gasteiger partial charge in [0.25, 0.3) is 0 Å². The van der Waals surface area contributed by atoms with E-state index in [9.17, 15) is 13.2 Å². The van der Waals surface area contributed by atoms with Crippen molar-refractivity contribution in [2.45, 2.75) is 56.4 Å². The van der Waals surface area contributed by atoms with Crippen molar-refractivity contribution in [1.82, 2.24) is 4.31 Å². The predicted octanol–water partition coefficient (Wildman–Crippen LogP) is 4.44. The zero-order valence-electron chi connectivity index (χ0n) is 17.4. The van der Waals surface area contributed by atoms with Crippen molar-refractivity contribution in [2.24, 2.45) is 0 Å². The van der Waals surface area contributed by atoms with E-state index in [1.54, 1.807) is 28.6 Å². The number of piperidine rings is 1. The lowest BCUT2D eigenvalue weighted by atomic mass is 10.0. The summed E-state index contributed by atoms with van der Waals surface area (Å²) >= 11 is 0. The van der Waals surface area contributed by atoms with Gasteiger partial charge in [0.15, 0.2) is 0 Å². The summed E-state index contributed by atoms with van der Waals surface area (Å²) in [4.78, 5) is 12.4. The van der Waals surface area contributed by atoms with Crippen molar-refractivity contribution in [1.29, 1.82) is 0 Å². The lowest BCUT2D eigenvalue weighted by Gasteiger charge is -2.34.